The Kier molecular flexibility index (Phi) is 7.29. The summed E-state index contributed by atoms with van der Waals surface area (Å²) >= 11 is 0. The van der Waals surface area contributed by atoms with Crippen molar-refractivity contribution in [2.24, 2.45) is 0 Å². The number of halogens is 2. The molecule has 0 unspecified atom stereocenters. The van der Waals surface area contributed by atoms with E-state index in [-0.39, 0.29) is 24.8 Å². The fraction of sp³-hybridized carbons (Fsp3) is 0.348. The quantitative estimate of drug-likeness (QED) is 0.417. The Hall–Kier alpha value is -2.21. The SMILES string of the molecule is COc1ccc(-c2cn3c4ccccc4nc3n2CCN2CCCCC2)cc1.Cl.Cl. The first-order chi connectivity index (χ1) is 13.8. The highest BCUT2D eigenvalue weighted by molar-refractivity contribution is 5.85. The van der Waals surface area contributed by atoms with Crippen LogP contribution in [0.1, 0.15) is 19.3 Å². The number of fused-ring (bicyclic) bond motifs is 3. The second kappa shape index (κ2) is 9.73. The lowest BCUT2D eigenvalue weighted by Crippen LogP contribution is -2.32. The molecule has 0 atom stereocenters. The van der Waals surface area contributed by atoms with E-state index in [1.807, 2.05) is 12.1 Å². The van der Waals surface area contributed by atoms with Gasteiger partial charge in [0.1, 0.15) is 5.75 Å². The van der Waals surface area contributed by atoms with Crippen LogP contribution in [-0.2, 0) is 6.54 Å². The van der Waals surface area contributed by atoms with Gasteiger partial charge in [-0.15, -0.1) is 24.8 Å². The molecule has 5 nitrogen and oxygen atoms in total. The first-order valence-corrected chi connectivity index (χ1v) is 10.2. The smallest absolute Gasteiger partial charge is 0.215 e. The molecule has 4 aromatic rings. The second-order valence-corrected chi connectivity index (χ2v) is 7.57. The number of aromatic nitrogens is 3. The zero-order chi connectivity index (χ0) is 18.9. The van der Waals surface area contributed by atoms with Gasteiger partial charge in [0.05, 0.1) is 23.8 Å². The molecular formula is C23H28Cl2N4O. The number of para-hydroxylation sites is 2. The number of rotatable bonds is 5. The van der Waals surface area contributed by atoms with E-state index in [1.54, 1.807) is 7.11 Å². The van der Waals surface area contributed by atoms with Crippen LogP contribution in [0, 0.1) is 0 Å². The van der Waals surface area contributed by atoms with E-state index in [1.165, 1.54) is 43.6 Å². The van der Waals surface area contributed by atoms with E-state index >= 15 is 0 Å². The number of hydrogen-bond donors (Lipinski definition) is 0. The van der Waals surface area contributed by atoms with Gasteiger partial charge in [-0.1, -0.05) is 18.6 Å². The van der Waals surface area contributed by atoms with Crippen LogP contribution < -0.4 is 4.74 Å². The minimum absolute atomic E-state index is 0. The monoisotopic (exact) mass is 446 g/mol. The largest absolute Gasteiger partial charge is 0.497 e. The minimum Gasteiger partial charge on any atom is -0.497 e. The molecule has 5 rings (SSSR count). The van der Waals surface area contributed by atoms with Crippen LogP contribution in [0.4, 0.5) is 0 Å². The lowest BCUT2D eigenvalue weighted by atomic mass is 10.1. The van der Waals surface area contributed by atoms with E-state index < -0.39 is 0 Å². The number of likely N-dealkylation sites (tertiary alicyclic amines) is 1. The van der Waals surface area contributed by atoms with Gasteiger partial charge < -0.3 is 14.2 Å². The topological polar surface area (TPSA) is 34.7 Å². The highest BCUT2D eigenvalue weighted by Gasteiger charge is 2.17. The van der Waals surface area contributed by atoms with Crippen molar-refractivity contribution in [3.05, 3.63) is 54.7 Å². The second-order valence-electron chi connectivity index (χ2n) is 7.57. The molecule has 2 aromatic carbocycles. The first kappa shape index (κ1) is 22.5. The molecular weight excluding hydrogens is 419 g/mol. The maximum absolute atomic E-state index is 5.33. The molecule has 0 N–H and O–H groups in total. The molecule has 0 radical (unpaired) electrons. The van der Waals surface area contributed by atoms with Gasteiger partial charge >= 0.3 is 0 Å². The van der Waals surface area contributed by atoms with Crippen molar-refractivity contribution in [3.63, 3.8) is 0 Å². The average molecular weight is 447 g/mol. The van der Waals surface area contributed by atoms with Gasteiger partial charge in [-0.3, -0.25) is 4.40 Å². The van der Waals surface area contributed by atoms with E-state index in [0.29, 0.717) is 0 Å². The molecule has 1 fully saturated rings. The summed E-state index contributed by atoms with van der Waals surface area (Å²) in [5.74, 6) is 1.90. The van der Waals surface area contributed by atoms with Crippen LogP contribution in [0.15, 0.2) is 54.7 Å². The molecule has 30 heavy (non-hydrogen) atoms. The summed E-state index contributed by atoms with van der Waals surface area (Å²) in [5.41, 5.74) is 4.59. The molecule has 1 aliphatic heterocycles. The fourth-order valence-corrected chi connectivity index (χ4v) is 4.29. The van der Waals surface area contributed by atoms with Gasteiger partial charge in [0.25, 0.3) is 0 Å². The highest BCUT2D eigenvalue weighted by Crippen LogP contribution is 2.28. The summed E-state index contributed by atoms with van der Waals surface area (Å²) in [6, 6.07) is 16.7. The van der Waals surface area contributed by atoms with Crippen LogP contribution >= 0.6 is 24.8 Å². The third kappa shape index (κ3) is 4.15. The predicted molar refractivity (Wildman–Crippen MR) is 127 cm³/mol. The van der Waals surface area contributed by atoms with Crippen molar-refractivity contribution in [3.8, 4) is 17.0 Å². The maximum atomic E-state index is 5.33. The molecule has 1 saturated heterocycles. The van der Waals surface area contributed by atoms with E-state index in [2.05, 4.69) is 56.5 Å². The summed E-state index contributed by atoms with van der Waals surface area (Å²) in [6.45, 7) is 4.44. The standard InChI is InChI=1S/C23H26N4O.2ClH/c1-28-19-11-9-18(10-12-19)22-17-27-21-8-4-3-7-20(21)24-23(27)26(22)16-15-25-13-5-2-6-14-25;;/h3-4,7-12,17H,2,5-6,13-16H2,1H3;2*1H. The van der Waals surface area contributed by atoms with E-state index in [9.17, 15) is 0 Å². The summed E-state index contributed by atoms with van der Waals surface area (Å²) in [6.07, 6.45) is 6.23. The van der Waals surface area contributed by atoms with Crippen molar-refractivity contribution in [1.29, 1.82) is 0 Å². The number of ether oxygens (including phenoxy) is 1. The summed E-state index contributed by atoms with van der Waals surface area (Å²) < 4.78 is 9.93. The van der Waals surface area contributed by atoms with Crippen LogP contribution in [-0.4, -0.2) is 45.6 Å². The molecule has 3 heterocycles. The van der Waals surface area contributed by atoms with Crippen molar-refractivity contribution in [2.45, 2.75) is 25.8 Å². The number of piperidine rings is 1. The molecule has 0 saturated carbocycles. The summed E-state index contributed by atoms with van der Waals surface area (Å²) in [5, 5.41) is 0. The van der Waals surface area contributed by atoms with Crippen molar-refractivity contribution in [1.82, 2.24) is 18.9 Å². The Bertz CT molecular complexity index is 1100. The summed E-state index contributed by atoms with van der Waals surface area (Å²) in [4.78, 5) is 7.53. The number of nitrogens with zero attached hydrogens (tertiary/aromatic N) is 4. The van der Waals surface area contributed by atoms with Gasteiger partial charge in [-0.05, 0) is 62.3 Å². The minimum atomic E-state index is 0. The van der Waals surface area contributed by atoms with Crippen molar-refractivity contribution in [2.75, 3.05) is 26.7 Å². The van der Waals surface area contributed by atoms with Crippen LogP contribution in [0.5, 0.6) is 5.75 Å². The molecule has 0 spiro atoms. The van der Waals surface area contributed by atoms with E-state index in [0.717, 1.165) is 35.7 Å². The normalized spacial score (nSPS) is 14.4. The van der Waals surface area contributed by atoms with Crippen LogP contribution in [0.25, 0.3) is 28.1 Å². The maximum Gasteiger partial charge on any atom is 0.215 e. The van der Waals surface area contributed by atoms with E-state index in [4.69, 9.17) is 9.72 Å². The Labute approximate surface area is 189 Å². The van der Waals surface area contributed by atoms with Gasteiger partial charge in [-0.2, -0.15) is 0 Å². The number of hydrogen-bond acceptors (Lipinski definition) is 3. The molecule has 160 valence electrons. The zero-order valence-corrected chi connectivity index (χ0v) is 18.8. The molecule has 0 bridgehead atoms. The van der Waals surface area contributed by atoms with Gasteiger partial charge in [0.2, 0.25) is 5.78 Å². The van der Waals surface area contributed by atoms with Crippen molar-refractivity contribution >= 4 is 41.6 Å². The Balaban J connectivity index is 0.00000128. The molecule has 0 amide bonds. The third-order valence-electron chi connectivity index (χ3n) is 5.84. The number of benzene rings is 2. The zero-order valence-electron chi connectivity index (χ0n) is 17.2. The number of imidazole rings is 2. The van der Waals surface area contributed by atoms with Crippen molar-refractivity contribution < 1.29 is 4.74 Å². The van der Waals surface area contributed by atoms with Gasteiger partial charge in [-0.25, -0.2) is 4.98 Å². The average Bonchev–Trinajstić information content (AvgIpc) is 3.29. The Morgan fingerprint density at radius 3 is 2.37 bits per heavy atom. The lowest BCUT2D eigenvalue weighted by molar-refractivity contribution is 0.222. The predicted octanol–water partition coefficient (Wildman–Crippen LogP) is 5.29. The lowest BCUT2D eigenvalue weighted by Gasteiger charge is -2.26. The van der Waals surface area contributed by atoms with Crippen LogP contribution in [0.2, 0.25) is 0 Å². The molecule has 2 aromatic heterocycles. The third-order valence-corrected chi connectivity index (χ3v) is 5.84. The number of methoxy groups -OCH3 is 1. The Morgan fingerprint density at radius 2 is 1.63 bits per heavy atom. The first-order valence-electron chi connectivity index (χ1n) is 10.2. The molecule has 7 heteroatoms. The molecule has 0 aliphatic carbocycles. The highest BCUT2D eigenvalue weighted by atomic mass is 35.5. The van der Waals surface area contributed by atoms with Gasteiger partial charge in [0.15, 0.2) is 0 Å². The molecule has 1 aliphatic rings. The van der Waals surface area contributed by atoms with Gasteiger partial charge in [0, 0.05) is 24.8 Å². The Morgan fingerprint density at radius 1 is 0.900 bits per heavy atom. The fourth-order valence-electron chi connectivity index (χ4n) is 4.29. The van der Waals surface area contributed by atoms with Crippen LogP contribution in [0.3, 0.4) is 0 Å². The summed E-state index contributed by atoms with van der Waals surface area (Å²) in [7, 11) is 1.70.